The van der Waals surface area contributed by atoms with Crippen molar-refractivity contribution in [2.75, 3.05) is 13.1 Å². The zero-order valence-corrected chi connectivity index (χ0v) is 22.3. The molecule has 38 heavy (non-hydrogen) atoms. The summed E-state index contributed by atoms with van der Waals surface area (Å²) in [4.78, 5) is 5.44. The maximum atomic E-state index is 8.50. The summed E-state index contributed by atoms with van der Waals surface area (Å²) in [7, 11) is 0. The molecule has 0 spiro atoms. The number of hydrogen-bond acceptors (Lipinski definition) is 1. The summed E-state index contributed by atoms with van der Waals surface area (Å²) >= 11 is 0. The quantitative estimate of drug-likeness (QED) is 0.210. The molecule has 1 aliphatic rings. The molecule has 4 aromatic rings. The van der Waals surface area contributed by atoms with Crippen molar-refractivity contribution in [3.8, 4) is 0 Å². The van der Waals surface area contributed by atoms with E-state index in [2.05, 4.69) is 145 Å². The SMILES string of the molecule is CCN(CC)C1C=CC(=[N+]=[N-])C=C1.c1ccc([B-](c2ccccc2)(c2ccccc2)c2ccccc2)cc1. The van der Waals surface area contributed by atoms with Crippen LogP contribution >= 0.6 is 0 Å². The molecule has 0 amide bonds. The fourth-order valence-corrected chi connectivity index (χ4v) is 5.59. The highest BCUT2D eigenvalue weighted by atomic mass is 15.1. The van der Waals surface area contributed by atoms with Gasteiger partial charge in [0.2, 0.25) is 0 Å². The average Bonchev–Trinajstić information content (AvgIpc) is 3.01. The Morgan fingerprint density at radius 3 is 1.16 bits per heavy atom. The van der Waals surface area contributed by atoms with Crippen molar-refractivity contribution in [2.24, 2.45) is 0 Å². The zero-order valence-electron chi connectivity index (χ0n) is 22.3. The molecule has 0 saturated heterocycles. The van der Waals surface area contributed by atoms with E-state index in [1.54, 1.807) is 0 Å². The summed E-state index contributed by atoms with van der Waals surface area (Å²) in [6, 6.07) is 43.9. The fourth-order valence-electron chi connectivity index (χ4n) is 5.59. The first-order valence-electron chi connectivity index (χ1n) is 13.4. The van der Waals surface area contributed by atoms with Crippen molar-refractivity contribution < 1.29 is 4.79 Å². The molecule has 0 unspecified atom stereocenters. The number of rotatable bonds is 7. The molecular formula is C34H35BN3-. The van der Waals surface area contributed by atoms with Crippen LogP contribution in [0.4, 0.5) is 0 Å². The smallest absolute Gasteiger partial charge is 0.314 e. The Morgan fingerprint density at radius 2 is 0.895 bits per heavy atom. The van der Waals surface area contributed by atoms with Gasteiger partial charge < -0.3 is 5.53 Å². The van der Waals surface area contributed by atoms with Gasteiger partial charge in [-0.25, -0.2) is 0 Å². The molecule has 0 aliphatic heterocycles. The second-order valence-electron chi connectivity index (χ2n) is 9.46. The van der Waals surface area contributed by atoms with Crippen LogP contribution in [0.1, 0.15) is 13.8 Å². The van der Waals surface area contributed by atoms with Crippen molar-refractivity contribution in [3.63, 3.8) is 0 Å². The molecule has 4 aromatic carbocycles. The molecule has 1 aliphatic carbocycles. The van der Waals surface area contributed by atoms with Crippen molar-refractivity contribution >= 4 is 33.7 Å². The number of likely N-dealkylation sites (N-methyl/N-ethyl adjacent to an activating group) is 1. The van der Waals surface area contributed by atoms with Crippen LogP contribution in [0.5, 0.6) is 0 Å². The molecule has 190 valence electrons. The average molecular weight is 496 g/mol. The third-order valence-corrected chi connectivity index (χ3v) is 7.48. The lowest BCUT2D eigenvalue weighted by molar-refractivity contribution is -0.00174. The number of allylic oxidation sites excluding steroid dienone is 2. The van der Waals surface area contributed by atoms with Gasteiger partial charge in [0.25, 0.3) is 0 Å². The van der Waals surface area contributed by atoms with E-state index in [0.717, 1.165) is 13.1 Å². The van der Waals surface area contributed by atoms with Gasteiger partial charge in [0.05, 0.1) is 0 Å². The molecule has 0 radical (unpaired) electrons. The molecule has 3 nitrogen and oxygen atoms in total. The molecule has 0 heterocycles. The summed E-state index contributed by atoms with van der Waals surface area (Å²) in [5.74, 6) is 0. The van der Waals surface area contributed by atoms with Crippen LogP contribution in [0.15, 0.2) is 146 Å². The molecule has 0 fully saturated rings. The minimum atomic E-state index is -1.22. The largest absolute Gasteiger partial charge is 0.361 e. The van der Waals surface area contributed by atoms with Crippen LogP contribution in [-0.2, 0) is 0 Å². The van der Waals surface area contributed by atoms with E-state index in [1.807, 2.05) is 24.3 Å². The van der Waals surface area contributed by atoms with Crippen molar-refractivity contribution in [2.45, 2.75) is 19.9 Å². The highest BCUT2D eigenvalue weighted by Crippen LogP contribution is 2.09. The minimum Gasteiger partial charge on any atom is -0.361 e. The molecular weight excluding hydrogens is 461 g/mol. The maximum Gasteiger partial charge on any atom is 0.314 e. The second-order valence-corrected chi connectivity index (χ2v) is 9.46. The van der Waals surface area contributed by atoms with Crippen molar-refractivity contribution in [1.29, 1.82) is 0 Å². The van der Waals surface area contributed by atoms with Crippen LogP contribution in [0.25, 0.3) is 5.53 Å². The summed E-state index contributed by atoms with van der Waals surface area (Å²) in [6.07, 6.45) is 6.54. The first kappa shape index (κ1) is 26.8. The first-order chi connectivity index (χ1) is 18.7. The molecule has 0 aromatic heterocycles. The third kappa shape index (κ3) is 5.84. The van der Waals surface area contributed by atoms with Gasteiger partial charge in [0.1, 0.15) is 6.15 Å². The highest BCUT2D eigenvalue weighted by molar-refractivity contribution is 7.19. The molecule has 5 rings (SSSR count). The van der Waals surface area contributed by atoms with Gasteiger partial charge >= 0.3 is 5.71 Å². The van der Waals surface area contributed by atoms with E-state index in [4.69, 9.17) is 5.53 Å². The van der Waals surface area contributed by atoms with E-state index in [-0.39, 0.29) is 0 Å². The van der Waals surface area contributed by atoms with E-state index < -0.39 is 6.15 Å². The second kappa shape index (κ2) is 13.3. The van der Waals surface area contributed by atoms with E-state index in [0.29, 0.717) is 11.8 Å². The molecule has 0 bridgehead atoms. The van der Waals surface area contributed by atoms with E-state index >= 15 is 0 Å². The summed E-state index contributed by atoms with van der Waals surface area (Å²) < 4.78 is 0. The Labute approximate surface area is 227 Å². The number of benzene rings is 4. The van der Waals surface area contributed by atoms with Gasteiger partial charge in [0.15, 0.2) is 0 Å². The number of nitrogens with zero attached hydrogens (tertiary/aromatic N) is 3. The Balaban J connectivity index is 0.000000219. The lowest BCUT2D eigenvalue weighted by Crippen LogP contribution is -2.74. The van der Waals surface area contributed by atoms with Crippen LogP contribution in [0, 0.1) is 0 Å². The molecule has 0 saturated carbocycles. The third-order valence-electron chi connectivity index (χ3n) is 7.48. The fraction of sp³-hybridized carbons (Fsp3) is 0.147. The Kier molecular flexibility index (Phi) is 9.42. The zero-order chi connectivity index (χ0) is 26.6. The van der Waals surface area contributed by atoms with Gasteiger partial charge in [-0.1, -0.05) is 147 Å². The Bertz CT molecular complexity index is 1190. The molecule has 4 heteroatoms. The van der Waals surface area contributed by atoms with Gasteiger partial charge in [0, 0.05) is 18.2 Å². The number of hydrogen-bond donors (Lipinski definition) is 0. The van der Waals surface area contributed by atoms with Crippen LogP contribution in [0.3, 0.4) is 0 Å². The van der Waals surface area contributed by atoms with E-state index in [1.165, 1.54) is 21.9 Å². The summed E-state index contributed by atoms with van der Waals surface area (Å²) in [6.45, 7) is 6.34. The van der Waals surface area contributed by atoms with Crippen LogP contribution < -0.4 is 21.9 Å². The van der Waals surface area contributed by atoms with Crippen LogP contribution in [-0.4, -0.2) is 40.7 Å². The predicted octanol–water partition coefficient (Wildman–Crippen LogP) is 4.56. The van der Waals surface area contributed by atoms with Crippen LogP contribution in [0.2, 0.25) is 0 Å². The van der Waals surface area contributed by atoms with Crippen molar-refractivity contribution in [1.82, 2.24) is 4.90 Å². The monoisotopic (exact) mass is 496 g/mol. The predicted molar refractivity (Wildman–Crippen MR) is 164 cm³/mol. The first-order valence-corrected chi connectivity index (χ1v) is 13.4. The summed E-state index contributed by atoms with van der Waals surface area (Å²) in [5, 5.41) is 0. The van der Waals surface area contributed by atoms with Gasteiger partial charge in [-0.3, -0.25) is 4.90 Å². The van der Waals surface area contributed by atoms with Gasteiger partial charge in [-0.15, -0.1) is 0 Å². The Hall–Kier alpha value is -4.24. The van der Waals surface area contributed by atoms with Gasteiger partial charge in [-0.05, 0) is 13.1 Å². The normalized spacial score (nSPS) is 14.5. The Morgan fingerprint density at radius 1 is 0.579 bits per heavy atom. The lowest BCUT2D eigenvalue weighted by atomic mass is 9.13. The van der Waals surface area contributed by atoms with Crippen molar-refractivity contribution in [3.05, 3.63) is 151 Å². The molecule has 0 atom stereocenters. The van der Waals surface area contributed by atoms with E-state index in [9.17, 15) is 0 Å². The maximum absolute atomic E-state index is 8.50. The standard InChI is InChI=1S/C24H20B.C10H15N3/c1-5-13-21(14-6-1)25(22-15-7-2-8-16-22,23-17-9-3-10-18-23)24-19-11-4-12-20-24;1-3-13(4-2)10-7-5-9(12-11)6-8-10/h1-20H;5-8,10H,3-4H2,1-2H3/q-1;. The topological polar surface area (TPSA) is 39.6 Å². The van der Waals surface area contributed by atoms with Gasteiger partial charge in [-0.2, -0.15) is 26.6 Å². The lowest BCUT2D eigenvalue weighted by Gasteiger charge is -2.44. The molecule has 0 N–H and O–H groups in total. The minimum absolute atomic E-state index is 0.348. The summed E-state index contributed by atoms with van der Waals surface area (Å²) in [5.41, 5.74) is 14.5. The highest BCUT2D eigenvalue weighted by Gasteiger charge is 2.31.